The summed E-state index contributed by atoms with van der Waals surface area (Å²) in [5.41, 5.74) is 2.66. The molecule has 0 saturated heterocycles. The summed E-state index contributed by atoms with van der Waals surface area (Å²) in [4.78, 5) is 17.0. The molecule has 0 unspecified atom stereocenters. The summed E-state index contributed by atoms with van der Waals surface area (Å²) in [7, 11) is 1.85. The lowest BCUT2D eigenvalue weighted by Gasteiger charge is -2.19. The van der Waals surface area contributed by atoms with Gasteiger partial charge in [0.1, 0.15) is 10.7 Å². The van der Waals surface area contributed by atoms with Crippen LogP contribution in [-0.2, 0) is 6.54 Å². The van der Waals surface area contributed by atoms with E-state index in [9.17, 15) is 10.1 Å². The SMILES string of the molecule is Cc1csc(CN(C)c2c(C)cccc2[N+](=O)[O-])n1. The van der Waals surface area contributed by atoms with Crippen molar-refractivity contribution in [1.29, 1.82) is 0 Å². The maximum Gasteiger partial charge on any atom is 0.292 e. The third-order valence-corrected chi connectivity index (χ3v) is 3.79. The van der Waals surface area contributed by atoms with E-state index >= 15 is 0 Å². The second kappa shape index (κ2) is 5.36. The Balaban J connectivity index is 2.32. The highest BCUT2D eigenvalue weighted by Crippen LogP contribution is 2.31. The molecule has 1 heterocycles. The Morgan fingerprint density at radius 2 is 2.16 bits per heavy atom. The monoisotopic (exact) mass is 277 g/mol. The number of para-hydroxylation sites is 1. The summed E-state index contributed by atoms with van der Waals surface area (Å²) in [6, 6.07) is 5.12. The van der Waals surface area contributed by atoms with Crippen LogP contribution in [0.4, 0.5) is 11.4 Å². The van der Waals surface area contributed by atoms with Gasteiger partial charge in [0.25, 0.3) is 5.69 Å². The van der Waals surface area contributed by atoms with Gasteiger partial charge in [-0.25, -0.2) is 4.98 Å². The van der Waals surface area contributed by atoms with E-state index in [1.165, 1.54) is 6.07 Å². The molecule has 0 saturated carbocycles. The first-order valence-corrected chi connectivity index (χ1v) is 6.73. The Morgan fingerprint density at radius 3 is 2.74 bits per heavy atom. The smallest absolute Gasteiger partial charge is 0.292 e. The topological polar surface area (TPSA) is 59.3 Å². The maximum atomic E-state index is 11.1. The first kappa shape index (κ1) is 13.5. The van der Waals surface area contributed by atoms with E-state index in [1.807, 2.05) is 37.2 Å². The molecule has 0 aliphatic rings. The number of rotatable bonds is 4. The van der Waals surface area contributed by atoms with Crippen LogP contribution < -0.4 is 4.90 Å². The fourth-order valence-corrected chi connectivity index (χ4v) is 2.87. The third-order valence-electron chi connectivity index (χ3n) is 2.83. The molecule has 2 rings (SSSR count). The predicted molar refractivity (Wildman–Crippen MR) is 76.8 cm³/mol. The van der Waals surface area contributed by atoms with E-state index in [4.69, 9.17) is 0 Å². The molecule has 1 aromatic heterocycles. The van der Waals surface area contributed by atoms with Crippen molar-refractivity contribution in [3.63, 3.8) is 0 Å². The molecule has 0 aliphatic carbocycles. The van der Waals surface area contributed by atoms with Crippen LogP contribution >= 0.6 is 11.3 Å². The lowest BCUT2D eigenvalue weighted by Crippen LogP contribution is -2.18. The van der Waals surface area contributed by atoms with Crippen LogP contribution in [0.5, 0.6) is 0 Å². The molecule has 0 amide bonds. The number of nitro benzene ring substituents is 1. The average Bonchev–Trinajstić information content (AvgIpc) is 2.74. The van der Waals surface area contributed by atoms with E-state index in [0.717, 1.165) is 16.3 Å². The van der Waals surface area contributed by atoms with Crippen LogP contribution in [-0.4, -0.2) is 17.0 Å². The molecule has 0 bridgehead atoms. The number of anilines is 1. The highest BCUT2D eigenvalue weighted by atomic mass is 32.1. The minimum absolute atomic E-state index is 0.135. The van der Waals surface area contributed by atoms with Gasteiger partial charge >= 0.3 is 0 Å². The number of hydrogen-bond acceptors (Lipinski definition) is 5. The van der Waals surface area contributed by atoms with Crippen LogP contribution in [0.25, 0.3) is 0 Å². The summed E-state index contributed by atoms with van der Waals surface area (Å²) < 4.78 is 0. The Hall–Kier alpha value is -1.95. The van der Waals surface area contributed by atoms with Crippen molar-refractivity contribution in [2.24, 2.45) is 0 Å². The Bertz CT molecular complexity index is 610. The van der Waals surface area contributed by atoms with Crippen LogP contribution in [0.15, 0.2) is 23.6 Å². The number of benzene rings is 1. The molecular weight excluding hydrogens is 262 g/mol. The highest BCUT2D eigenvalue weighted by molar-refractivity contribution is 7.09. The highest BCUT2D eigenvalue weighted by Gasteiger charge is 2.19. The van der Waals surface area contributed by atoms with Crippen molar-refractivity contribution >= 4 is 22.7 Å². The van der Waals surface area contributed by atoms with Crippen molar-refractivity contribution in [1.82, 2.24) is 4.98 Å². The van der Waals surface area contributed by atoms with Crippen LogP contribution in [0.2, 0.25) is 0 Å². The van der Waals surface area contributed by atoms with E-state index in [0.29, 0.717) is 12.2 Å². The zero-order valence-electron chi connectivity index (χ0n) is 11.1. The molecule has 0 atom stereocenters. The normalized spacial score (nSPS) is 10.5. The van der Waals surface area contributed by atoms with Gasteiger partial charge in [-0.15, -0.1) is 11.3 Å². The number of nitro groups is 1. The molecule has 19 heavy (non-hydrogen) atoms. The summed E-state index contributed by atoms with van der Waals surface area (Å²) in [5.74, 6) is 0. The zero-order valence-corrected chi connectivity index (χ0v) is 11.9. The van der Waals surface area contributed by atoms with E-state index < -0.39 is 0 Å². The lowest BCUT2D eigenvalue weighted by molar-refractivity contribution is -0.384. The number of aromatic nitrogens is 1. The van der Waals surface area contributed by atoms with Crippen molar-refractivity contribution in [3.05, 3.63) is 50.0 Å². The minimum Gasteiger partial charge on any atom is -0.362 e. The number of hydrogen-bond donors (Lipinski definition) is 0. The lowest BCUT2D eigenvalue weighted by atomic mass is 10.1. The Morgan fingerprint density at radius 1 is 1.42 bits per heavy atom. The first-order valence-electron chi connectivity index (χ1n) is 5.85. The maximum absolute atomic E-state index is 11.1. The van der Waals surface area contributed by atoms with Gasteiger partial charge < -0.3 is 4.90 Å². The molecule has 0 spiro atoms. The van der Waals surface area contributed by atoms with Gasteiger partial charge in [0.15, 0.2) is 0 Å². The molecule has 0 fully saturated rings. The van der Waals surface area contributed by atoms with Gasteiger partial charge in [-0.2, -0.15) is 0 Å². The predicted octanol–water partition coefficient (Wildman–Crippen LogP) is 3.30. The molecule has 2 aromatic rings. The van der Waals surface area contributed by atoms with Crippen LogP contribution in [0.1, 0.15) is 16.3 Å². The molecular formula is C13H15N3O2S. The minimum atomic E-state index is -0.341. The summed E-state index contributed by atoms with van der Waals surface area (Å²) in [6.07, 6.45) is 0. The van der Waals surface area contributed by atoms with Gasteiger partial charge in [-0.3, -0.25) is 10.1 Å². The van der Waals surface area contributed by atoms with E-state index in [1.54, 1.807) is 17.4 Å². The van der Waals surface area contributed by atoms with Gasteiger partial charge in [0, 0.05) is 24.2 Å². The molecule has 1 aromatic carbocycles. The van der Waals surface area contributed by atoms with E-state index in [2.05, 4.69) is 4.98 Å². The van der Waals surface area contributed by atoms with E-state index in [-0.39, 0.29) is 10.6 Å². The Kier molecular flexibility index (Phi) is 3.80. The van der Waals surface area contributed by atoms with Crippen molar-refractivity contribution in [2.45, 2.75) is 20.4 Å². The van der Waals surface area contributed by atoms with Gasteiger partial charge in [-0.05, 0) is 19.4 Å². The molecule has 6 heteroatoms. The largest absolute Gasteiger partial charge is 0.362 e. The van der Waals surface area contributed by atoms with Crippen molar-refractivity contribution in [2.75, 3.05) is 11.9 Å². The summed E-state index contributed by atoms with van der Waals surface area (Å²) in [6.45, 7) is 4.40. The number of nitrogens with zero attached hydrogens (tertiary/aromatic N) is 3. The van der Waals surface area contributed by atoms with Crippen molar-refractivity contribution < 1.29 is 4.92 Å². The molecule has 0 N–H and O–H groups in total. The summed E-state index contributed by atoms with van der Waals surface area (Å²) >= 11 is 1.57. The summed E-state index contributed by atoms with van der Waals surface area (Å²) in [5, 5.41) is 14.0. The third kappa shape index (κ3) is 2.90. The second-order valence-corrected chi connectivity index (χ2v) is 5.38. The standard InChI is InChI=1S/C13H15N3O2S/c1-9-5-4-6-11(16(17)18)13(9)15(3)7-12-14-10(2)8-19-12/h4-6,8H,7H2,1-3H3. The molecule has 0 radical (unpaired) electrons. The molecule has 0 aliphatic heterocycles. The second-order valence-electron chi connectivity index (χ2n) is 4.44. The zero-order chi connectivity index (χ0) is 14.0. The van der Waals surface area contributed by atoms with Crippen LogP contribution in [0, 0.1) is 24.0 Å². The van der Waals surface area contributed by atoms with Crippen LogP contribution in [0.3, 0.4) is 0 Å². The quantitative estimate of drug-likeness (QED) is 0.635. The van der Waals surface area contributed by atoms with Gasteiger partial charge in [-0.1, -0.05) is 12.1 Å². The average molecular weight is 277 g/mol. The number of aryl methyl sites for hydroxylation is 2. The van der Waals surface area contributed by atoms with Gasteiger partial charge in [0.05, 0.1) is 11.5 Å². The van der Waals surface area contributed by atoms with Gasteiger partial charge in [0.2, 0.25) is 0 Å². The fourth-order valence-electron chi connectivity index (χ4n) is 2.04. The molecule has 5 nitrogen and oxygen atoms in total. The van der Waals surface area contributed by atoms with Crippen molar-refractivity contribution in [3.8, 4) is 0 Å². The number of thiazole rings is 1. The fraction of sp³-hybridized carbons (Fsp3) is 0.308. The first-order chi connectivity index (χ1) is 8.99. The Labute approximate surface area is 115 Å². The molecule has 100 valence electrons.